The smallest absolute Gasteiger partial charge is 0.433 e. The highest BCUT2D eigenvalue weighted by Gasteiger charge is 2.34. The number of anilines is 1. The molecule has 0 amide bonds. The topological polar surface area (TPSA) is 64.0 Å². The maximum atomic E-state index is 12.9. The maximum Gasteiger partial charge on any atom is 0.433 e. The monoisotopic (exact) mass is 367 g/mol. The Hall–Kier alpha value is -2.45. The summed E-state index contributed by atoms with van der Waals surface area (Å²) in [6.07, 6.45) is 1.10. The first-order valence-electron chi connectivity index (χ1n) is 8.50. The highest BCUT2D eigenvalue weighted by atomic mass is 19.4. The molecule has 6 nitrogen and oxygen atoms in total. The van der Waals surface area contributed by atoms with E-state index in [4.69, 9.17) is 4.74 Å². The largest absolute Gasteiger partial charge is 0.460 e. The van der Waals surface area contributed by atoms with E-state index >= 15 is 0 Å². The molecule has 1 aliphatic rings. The molecule has 0 atom stereocenters. The zero-order valence-electron chi connectivity index (χ0n) is 14.6. The summed E-state index contributed by atoms with van der Waals surface area (Å²) in [5.41, 5.74) is 0.120. The Kier molecular flexibility index (Phi) is 5.24. The van der Waals surface area contributed by atoms with Crippen LogP contribution in [-0.2, 0) is 12.6 Å². The molecule has 0 aliphatic carbocycles. The van der Waals surface area contributed by atoms with Gasteiger partial charge >= 0.3 is 12.2 Å². The summed E-state index contributed by atoms with van der Waals surface area (Å²) in [5, 5.41) is 0. The van der Waals surface area contributed by atoms with Crippen LogP contribution in [0.15, 0.2) is 18.5 Å². The zero-order valence-corrected chi connectivity index (χ0v) is 14.6. The number of halogens is 3. The van der Waals surface area contributed by atoms with Gasteiger partial charge < -0.3 is 9.64 Å². The van der Waals surface area contributed by atoms with Crippen molar-refractivity contribution in [2.24, 2.45) is 0 Å². The standard InChI is InChI=1S/C17H20F3N5O/c1-3-12-9-21-16(22-10-12)26-13-4-6-25(7-5-13)15-8-14(17(18,19)20)23-11(2)24-15/h8-10,13H,3-7H2,1-2H3. The molecule has 1 aliphatic heterocycles. The highest BCUT2D eigenvalue weighted by molar-refractivity contribution is 5.41. The molecule has 0 aromatic carbocycles. The summed E-state index contributed by atoms with van der Waals surface area (Å²) in [6.45, 7) is 4.58. The van der Waals surface area contributed by atoms with Gasteiger partial charge in [0.15, 0.2) is 0 Å². The Balaban J connectivity index is 1.62. The second kappa shape index (κ2) is 7.43. The molecule has 1 saturated heterocycles. The van der Waals surface area contributed by atoms with Gasteiger partial charge in [0.2, 0.25) is 0 Å². The van der Waals surface area contributed by atoms with E-state index in [1.807, 2.05) is 11.8 Å². The fourth-order valence-corrected chi connectivity index (χ4v) is 2.80. The number of aryl methyl sites for hydroxylation is 2. The van der Waals surface area contributed by atoms with Gasteiger partial charge in [-0.1, -0.05) is 6.92 Å². The van der Waals surface area contributed by atoms with Crippen LogP contribution >= 0.6 is 0 Å². The van der Waals surface area contributed by atoms with E-state index in [2.05, 4.69) is 19.9 Å². The molecule has 1 fully saturated rings. The lowest BCUT2D eigenvalue weighted by atomic mass is 10.1. The van der Waals surface area contributed by atoms with Crippen LogP contribution in [0.1, 0.15) is 36.8 Å². The van der Waals surface area contributed by atoms with Gasteiger partial charge in [-0.2, -0.15) is 13.2 Å². The van der Waals surface area contributed by atoms with Crippen LogP contribution in [0.4, 0.5) is 19.0 Å². The first-order valence-corrected chi connectivity index (χ1v) is 8.50. The van der Waals surface area contributed by atoms with Crippen molar-refractivity contribution in [3.8, 4) is 6.01 Å². The molecule has 0 radical (unpaired) electrons. The molecular weight excluding hydrogens is 347 g/mol. The Morgan fingerprint density at radius 2 is 1.81 bits per heavy atom. The number of hydrogen-bond donors (Lipinski definition) is 0. The van der Waals surface area contributed by atoms with Crippen molar-refractivity contribution < 1.29 is 17.9 Å². The van der Waals surface area contributed by atoms with Crippen LogP contribution in [0.2, 0.25) is 0 Å². The Morgan fingerprint density at radius 3 is 2.38 bits per heavy atom. The lowest BCUT2D eigenvalue weighted by Crippen LogP contribution is -2.39. The summed E-state index contributed by atoms with van der Waals surface area (Å²) in [7, 11) is 0. The molecule has 140 valence electrons. The molecule has 0 bridgehead atoms. The molecule has 0 N–H and O–H groups in total. The minimum atomic E-state index is -4.48. The number of aromatic nitrogens is 4. The second-order valence-corrected chi connectivity index (χ2v) is 6.19. The molecule has 0 saturated carbocycles. The SMILES string of the molecule is CCc1cnc(OC2CCN(c3cc(C(F)(F)F)nc(C)n3)CC2)nc1. The minimum Gasteiger partial charge on any atom is -0.460 e. The molecule has 0 spiro atoms. The van der Waals surface area contributed by atoms with E-state index < -0.39 is 11.9 Å². The zero-order chi connectivity index (χ0) is 18.7. The van der Waals surface area contributed by atoms with Crippen LogP contribution in [-0.4, -0.2) is 39.1 Å². The van der Waals surface area contributed by atoms with Crippen LogP contribution in [0.5, 0.6) is 6.01 Å². The predicted molar refractivity (Wildman–Crippen MR) is 89.0 cm³/mol. The molecule has 3 rings (SSSR count). The summed E-state index contributed by atoms with van der Waals surface area (Å²) in [5.74, 6) is 0.407. The average molecular weight is 367 g/mol. The number of ether oxygens (including phenoxy) is 1. The molecule has 26 heavy (non-hydrogen) atoms. The lowest BCUT2D eigenvalue weighted by Gasteiger charge is -2.32. The highest BCUT2D eigenvalue weighted by Crippen LogP contribution is 2.30. The molecular formula is C17H20F3N5O. The number of nitrogens with zero attached hydrogens (tertiary/aromatic N) is 5. The Bertz CT molecular complexity index is 743. The van der Waals surface area contributed by atoms with Crippen molar-refractivity contribution in [2.75, 3.05) is 18.0 Å². The van der Waals surface area contributed by atoms with E-state index in [-0.39, 0.29) is 11.9 Å². The summed E-state index contributed by atoms with van der Waals surface area (Å²) in [6, 6.07) is 1.33. The van der Waals surface area contributed by atoms with Crippen molar-refractivity contribution in [1.82, 2.24) is 19.9 Å². The fraction of sp³-hybridized carbons (Fsp3) is 0.529. The Morgan fingerprint density at radius 1 is 1.15 bits per heavy atom. The summed E-state index contributed by atoms with van der Waals surface area (Å²) in [4.78, 5) is 17.8. The second-order valence-electron chi connectivity index (χ2n) is 6.19. The van der Waals surface area contributed by atoms with Gasteiger partial charge in [0.1, 0.15) is 23.4 Å². The Labute approximate surface area is 149 Å². The predicted octanol–water partition coefficient (Wildman–Crippen LogP) is 3.20. The first kappa shape index (κ1) is 18.3. The first-order chi connectivity index (χ1) is 12.3. The van der Waals surface area contributed by atoms with E-state index in [1.165, 1.54) is 6.92 Å². The molecule has 2 aromatic rings. The van der Waals surface area contributed by atoms with Crippen molar-refractivity contribution in [2.45, 2.75) is 45.4 Å². The molecule has 2 aromatic heterocycles. The fourth-order valence-electron chi connectivity index (χ4n) is 2.80. The quantitative estimate of drug-likeness (QED) is 0.827. The van der Waals surface area contributed by atoms with Gasteiger partial charge in [0.05, 0.1) is 0 Å². The minimum absolute atomic E-state index is 0.0660. The normalized spacial score (nSPS) is 16.0. The number of rotatable bonds is 4. The van der Waals surface area contributed by atoms with Gasteiger partial charge in [-0.25, -0.2) is 19.9 Å². The molecule has 3 heterocycles. The maximum absolute atomic E-state index is 12.9. The third kappa shape index (κ3) is 4.39. The average Bonchev–Trinajstić information content (AvgIpc) is 2.62. The van der Waals surface area contributed by atoms with Crippen LogP contribution in [0, 0.1) is 6.92 Å². The van der Waals surface area contributed by atoms with Crippen LogP contribution in [0.3, 0.4) is 0 Å². The van der Waals surface area contributed by atoms with Gasteiger partial charge in [0.25, 0.3) is 0 Å². The van der Waals surface area contributed by atoms with Crippen molar-refractivity contribution in [3.05, 3.63) is 35.5 Å². The lowest BCUT2D eigenvalue weighted by molar-refractivity contribution is -0.141. The van der Waals surface area contributed by atoms with E-state index in [9.17, 15) is 13.2 Å². The van der Waals surface area contributed by atoms with Crippen LogP contribution < -0.4 is 9.64 Å². The van der Waals surface area contributed by atoms with Gasteiger partial charge in [0, 0.05) is 44.4 Å². The summed E-state index contributed by atoms with van der Waals surface area (Å²) >= 11 is 0. The van der Waals surface area contributed by atoms with E-state index in [1.54, 1.807) is 12.4 Å². The number of hydrogen-bond acceptors (Lipinski definition) is 6. The third-order valence-corrected chi connectivity index (χ3v) is 4.24. The third-order valence-electron chi connectivity index (χ3n) is 4.24. The van der Waals surface area contributed by atoms with Crippen molar-refractivity contribution in [3.63, 3.8) is 0 Å². The van der Waals surface area contributed by atoms with Gasteiger partial charge in [-0.05, 0) is 18.9 Å². The van der Waals surface area contributed by atoms with Crippen LogP contribution in [0.25, 0.3) is 0 Å². The van der Waals surface area contributed by atoms with Gasteiger partial charge in [-0.15, -0.1) is 0 Å². The summed E-state index contributed by atoms with van der Waals surface area (Å²) < 4.78 is 44.6. The number of alkyl halides is 3. The van der Waals surface area contributed by atoms with E-state index in [0.29, 0.717) is 37.8 Å². The van der Waals surface area contributed by atoms with Gasteiger partial charge in [-0.3, -0.25) is 0 Å². The number of piperidine rings is 1. The molecule has 9 heteroatoms. The molecule has 0 unspecified atom stereocenters. The van der Waals surface area contributed by atoms with Crippen molar-refractivity contribution >= 4 is 5.82 Å². The van der Waals surface area contributed by atoms with E-state index in [0.717, 1.165) is 18.1 Å². The van der Waals surface area contributed by atoms with Crippen molar-refractivity contribution in [1.29, 1.82) is 0 Å².